The molecule has 1 atom stereocenters. The van der Waals surface area contributed by atoms with Crippen molar-refractivity contribution < 1.29 is 19.9 Å². The van der Waals surface area contributed by atoms with E-state index in [1.165, 1.54) is 0 Å². The van der Waals surface area contributed by atoms with Gasteiger partial charge in [0.2, 0.25) is 0 Å². The average molecular weight is 313 g/mol. The number of halogens is 1. The predicted octanol–water partition coefficient (Wildman–Crippen LogP) is 0.518. The molecule has 0 aliphatic carbocycles. The maximum atomic E-state index is 9.10. The van der Waals surface area contributed by atoms with Crippen LogP contribution in [0.3, 0.4) is 0 Å². The maximum Gasteiger partial charge on any atom is 0.486 e. The lowest BCUT2D eigenvalue weighted by Crippen LogP contribution is -2.44. The van der Waals surface area contributed by atoms with Gasteiger partial charge in [0, 0.05) is 5.33 Å². The van der Waals surface area contributed by atoms with E-state index < -0.39 is 11.2 Å². The standard InChI is InChI=1S/C6H14O2.C4H10BBrNO2/c1-5(2,7)6(3,4)8;6-3-1-2-4(7)9-5-8/h7-8H,1-4H3;4,8H,1-3,7H2. The summed E-state index contributed by atoms with van der Waals surface area (Å²) in [7, 11) is 0.624. The summed E-state index contributed by atoms with van der Waals surface area (Å²) < 4.78 is 4.53. The first-order chi connectivity index (χ1) is 7.56. The highest BCUT2D eigenvalue weighted by Crippen LogP contribution is 2.19. The molecular weight excluding hydrogens is 289 g/mol. The zero-order valence-electron chi connectivity index (χ0n) is 11.0. The fraction of sp³-hybridized carbons (Fsp3) is 1.00. The summed E-state index contributed by atoms with van der Waals surface area (Å²) in [6.07, 6.45) is 1.34. The van der Waals surface area contributed by atoms with Crippen LogP contribution in [0.15, 0.2) is 0 Å². The summed E-state index contributed by atoms with van der Waals surface area (Å²) >= 11 is 3.25. The van der Waals surface area contributed by atoms with Gasteiger partial charge in [-0.25, -0.2) is 0 Å². The largest absolute Gasteiger partial charge is 0.486 e. The smallest absolute Gasteiger partial charge is 0.429 e. The minimum atomic E-state index is -1.01. The summed E-state index contributed by atoms with van der Waals surface area (Å²) in [5.74, 6) is 0. The Balaban J connectivity index is 0. The molecule has 0 aliphatic rings. The van der Waals surface area contributed by atoms with E-state index in [0.717, 1.165) is 18.2 Å². The van der Waals surface area contributed by atoms with Crippen LogP contribution in [0.2, 0.25) is 0 Å². The van der Waals surface area contributed by atoms with Gasteiger partial charge in [0.1, 0.15) is 0 Å². The lowest BCUT2D eigenvalue weighted by atomic mass is 9.90. The molecule has 0 saturated carbocycles. The van der Waals surface area contributed by atoms with Crippen LogP contribution in [0, 0.1) is 0 Å². The van der Waals surface area contributed by atoms with Crippen molar-refractivity contribution >= 4 is 23.6 Å². The van der Waals surface area contributed by atoms with E-state index in [2.05, 4.69) is 20.6 Å². The molecule has 103 valence electrons. The lowest BCUT2D eigenvalue weighted by Gasteiger charge is -2.31. The first kappa shape index (κ1) is 19.7. The van der Waals surface area contributed by atoms with Gasteiger partial charge in [-0.05, 0) is 40.5 Å². The third-order valence-corrected chi connectivity index (χ3v) is 2.92. The van der Waals surface area contributed by atoms with E-state index in [1.807, 2.05) is 0 Å². The summed E-state index contributed by atoms with van der Waals surface area (Å²) in [6, 6.07) is 0. The normalized spacial score (nSPS) is 13.7. The zero-order valence-corrected chi connectivity index (χ0v) is 12.6. The van der Waals surface area contributed by atoms with E-state index >= 15 is 0 Å². The summed E-state index contributed by atoms with van der Waals surface area (Å²) in [4.78, 5) is 0. The molecule has 1 radical (unpaired) electrons. The lowest BCUT2D eigenvalue weighted by molar-refractivity contribution is -0.107. The Labute approximate surface area is 113 Å². The van der Waals surface area contributed by atoms with Gasteiger partial charge in [-0.1, -0.05) is 15.9 Å². The van der Waals surface area contributed by atoms with Crippen molar-refractivity contribution in [1.29, 1.82) is 0 Å². The Bertz CT molecular complexity index is 170. The molecule has 5 nitrogen and oxygen atoms in total. The van der Waals surface area contributed by atoms with Crippen molar-refractivity contribution in [2.24, 2.45) is 5.73 Å². The Hall–Kier alpha value is 0.345. The van der Waals surface area contributed by atoms with Crippen LogP contribution in [0.25, 0.3) is 0 Å². The van der Waals surface area contributed by atoms with Gasteiger partial charge >= 0.3 is 7.69 Å². The maximum absolute atomic E-state index is 9.10. The molecule has 0 fully saturated rings. The zero-order chi connectivity index (χ0) is 14.1. The molecule has 0 amide bonds. The van der Waals surface area contributed by atoms with E-state index in [1.54, 1.807) is 27.7 Å². The topological polar surface area (TPSA) is 95.9 Å². The summed E-state index contributed by atoms with van der Waals surface area (Å²) in [5.41, 5.74) is 3.32. The van der Waals surface area contributed by atoms with Crippen molar-refractivity contribution in [2.45, 2.75) is 58.0 Å². The SMILES string of the molecule is CC(C)(O)C(C)(C)O.NC(CCCBr)O[B]O. The molecule has 0 rings (SSSR count). The van der Waals surface area contributed by atoms with Gasteiger partial charge < -0.3 is 25.6 Å². The van der Waals surface area contributed by atoms with Crippen LogP contribution >= 0.6 is 15.9 Å². The first-order valence-electron chi connectivity index (χ1n) is 5.44. The quantitative estimate of drug-likeness (QED) is 0.326. The predicted molar refractivity (Wildman–Crippen MR) is 72.7 cm³/mol. The first-order valence-corrected chi connectivity index (χ1v) is 6.56. The van der Waals surface area contributed by atoms with Gasteiger partial charge in [0.25, 0.3) is 0 Å². The molecule has 0 saturated heterocycles. The van der Waals surface area contributed by atoms with Crippen molar-refractivity contribution in [2.75, 3.05) is 5.33 Å². The van der Waals surface area contributed by atoms with Crippen molar-refractivity contribution in [1.82, 2.24) is 0 Å². The highest BCUT2D eigenvalue weighted by Gasteiger charge is 2.31. The van der Waals surface area contributed by atoms with Gasteiger partial charge in [0.15, 0.2) is 0 Å². The van der Waals surface area contributed by atoms with E-state index in [9.17, 15) is 0 Å². The molecule has 0 heterocycles. The Morgan fingerprint density at radius 1 is 1.24 bits per heavy atom. The van der Waals surface area contributed by atoms with Gasteiger partial charge in [-0.15, -0.1) is 0 Å². The van der Waals surface area contributed by atoms with Crippen molar-refractivity contribution in [3.63, 3.8) is 0 Å². The van der Waals surface area contributed by atoms with E-state index in [-0.39, 0.29) is 6.23 Å². The fourth-order valence-electron chi connectivity index (χ4n) is 0.425. The monoisotopic (exact) mass is 312 g/mol. The molecule has 5 N–H and O–H groups in total. The van der Waals surface area contributed by atoms with E-state index in [0.29, 0.717) is 7.69 Å². The average Bonchev–Trinajstić information content (AvgIpc) is 2.13. The minimum Gasteiger partial charge on any atom is -0.429 e. The summed E-state index contributed by atoms with van der Waals surface area (Å²) in [5, 5.41) is 27.2. The fourth-order valence-corrected chi connectivity index (χ4v) is 0.748. The number of nitrogens with two attached hydrogens (primary N) is 1. The van der Waals surface area contributed by atoms with Crippen LogP contribution in [-0.2, 0) is 4.65 Å². The Morgan fingerprint density at radius 2 is 1.65 bits per heavy atom. The van der Waals surface area contributed by atoms with Crippen LogP contribution in [0.1, 0.15) is 40.5 Å². The molecule has 1 unspecified atom stereocenters. The molecule has 0 bridgehead atoms. The Morgan fingerprint density at radius 3 is 1.88 bits per heavy atom. The second-order valence-corrected chi connectivity index (χ2v) is 5.52. The molecule has 0 aromatic rings. The number of rotatable bonds is 6. The highest BCUT2D eigenvalue weighted by molar-refractivity contribution is 9.09. The number of hydrogen-bond acceptors (Lipinski definition) is 5. The van der Waals surface area contributed by atoms with Crippen molar-refractivity contribution in [3.05, 3.63) is 0 Å². The third kappa shape index (κ3) is 12.6. The molecule has 7 heteroatoms. The van der Waals surface area contributed by atoms with Crippen LogP contribution in [-0.4, -0.2) is 45.7 Å². The molecule has 17 heavy (non-hydrogen) atoms. The molecular formula is C10H24BBrNO4. The van der Waals surface area contributed by atoms with Gasteiger partial charge in [-0.2, -0.15) is 0 Å². The molecule has 0 aromatic carbocycles. The summed E-state index contributed by atoms with van der Waals surface area (Å²) in [6.45, 7) is 6.31. The van der Waals surface area contributed by atoms with Crippen LogP contribution in [0.4, 0.5) is 0 Å². The second kappa shape index (κ2) is 9.30. The van der Waals surface area contributed by atoms with Gasteiger partial charge in [-0.3, -0.25) is 0 Å². The van der Waals surface area contributed by atoms with Crippen LogP contribution in [0.5, 0.6) is 0 Å². The van der Waals surface area contributed by atoms with Crippen LogP contribution < -0.4 is 5.73 Å². The van der Waals surface area contributed by atoms with Gasteiger partial charge in [0.05, 0.1) is 17.4 Å². The Kier molecular flexibility index (Phi) is 10.8. The minimum absolute atomic E-state index is 0.368. The third-order valence-electron chi connectivity index (χ3n) is 2.36. The van der Waals surface area contributed by atoms with E-state index in [4.69, 9.17) is 21.0 Å². The molecule has 0 aromatic heterocycles. The number of hydrogen-bond donors (Lipinski definition) is 4. The second-order valence-electron chi connectivity index (χ2n) is 4.73. The number of alkyl halides is 1. The molecule has 0 aliphatic heterocycles. The number of aliphatic hydroxyl groups is 2. The molecule has 0 spiro atoms. The highest BCUT2D eigenvalue weighted by atomic mass is 79.9. The van der Waals surface area contributed by atoms with Crippen molar-refractivity contribution in [3.8, 4) is 0 Å².